The molecule has 78 valence electrons. The van der Waals surface area contributed by atoms with Crippen LogP contribution in [0.1, 0.15) is 20.3 Å². The highest BCUT2D eigenvalue weighted by atomic mass is 35.5. The summed E-state index contributed by atoms with van der Waals surface area (Å²) >= 11 is 5.65. The average Bonchev–Trinajstić information content (AvgIpc) is 2.52. The monoisotopic (exact) mass is 208 g/mol. The maximum Gasteiger partial charge on any atom is 0.163 e. The van der Waals surface area contributed by atoms with Crippen LogP contribution in [-0.2, 0) is 9.47 Å². The standard InChI is InChI=1S/C9H17ClO3/c1-9(2,3-4-11)8-12-6-7(5-10)13-8/h7-8,11H,3-6H2,1-2H3. The minimum atomic E-state index is -0.233. The van der Waals surface area contributed by atoms with Gasteiger partial charge in [0.25, 0.3) is 0 Å². The largest absolute Gasteiger partial charge is 0.396 e. The van der Waals surface area contributed by atoms with Crippen LogP contribution >= 0.6 is 11.6 Å². The topological polar surface area (TPSA) is 38.7 Å². The Bertz CT molecular complexity index is 161. The van der Waals surface area contributed by atoms with Crippen molar-refractivity contribution in [1.82, 2.24) is 0 Å². The van der Waals surface area contributed by atoms with Gasteiger partial charge in [-0.1, -0.05) is 13.8 Å². The zero-order valence-electron chi connectivity index (χ0n) is 8.12. The van der Waals surface area contributed by atoms with Gasteiger partial charge in [-0.25, -0.2) is 0 Å². The van der Waals surface area contributed by atoms with Crippen LogP contribution in [0.2, 0.25) is 0 Å². The molecule has 0 aromatic carbocycles. The van der Waals surface area contributed by atoms with E-state index in [1.165, 1.54) is 0 Å². The Kier molecular flexibility index (Phi) is 3.98. The Morgan fingerprint density at radius 2 is 2.23 bits per heavy atom. The molecule has 0 radical (unpaired) electrons. The van der Waals surface area contributed by atoms with Gasteiger partial charge in [0.15, 0.2) is 6.29 Å². The third-order valence-electron chi connectivity index (χ3n) is 2.32. The summed E-state index contributed by atoms with van der Waals surface area (Å²) in [5.74, 6) is 0.464. The molecule has 0 bridgehead atoms. The lowest BCUT2D eigenvalue weighted by molar-refractivity contribution is -0.134. The van der Waals surface area contributed by atoms with Crippen LogP contribution in [0.5, 0.6) is 0 Å². The lowest BCUT2D eigenvalue weighted by Crippen LogP contribution is -2.32. The van der Waals surface area contributed by atoms with Gasteiger partial charge in [0, 0.05) is 12.0 Å². The molecule has 13 heavy (non-hydrogen) atoms. The minimum absolute atomic E-state index is 0.00429. The molecule has 1 aliphatic heterocycles. The van der Waals surface area contributed by atoms with E-state index in [9.17, 15) is 0 Å². The van der Waals surface area contributed by atoms with Gasteiger partial charge in [0.2, 0.25) is 0 Å². The number of alkyl halides is 1. The van der Waals surface area contributed by atoms with E-state index in [1.807, 2.05) is 13.8 Å². The number of rotatable bonds is 4. The third kappa shape index (κ3) is 2.81. The highest BCUT2D eigenvalue weighted by Crippen LogP contribution is 2.32. The number of aliphatic hydroxyl groups excluding tert-OH is 1. The van der Waals surface area contributed by atoms with Crippen LogP contribution in [0.15, 0.2) is 0 Å². The average molecular weight is 209 g/mol. The van der Waals surface area contributed by atoms with Gasteiger partial charge in [-0.2, -0.15) is 0 Å². The summed E-state index contributed by atoms with van der Waals surface area (Å²) in [7, 11) is 0. The van der Waals surface area contributed by atoms with Crippen molar-refractivity contribution in [2.75, 3.05) is 19.1 Å². The quantitative estimate of drug-likeness (QED) is 0.710. The molecule has 2 atom stereocenters. The number of hydrogen-bond acceptors (Lipinski definition) is 3. The van der Waals surface area contributed by atoms with E-state index in [4.69, 9.17) is 26.2 Å². The van der Waals surface area contributed by atoms with Crippen molar-refractivity contribution in [3.8, 4) is 0 Å². The van der Waals surface area contributed by atoms with E-state index < -0.39 is 0 Å². The first kappa shape index (κ1) is 11.2. The molecule has 0 saturated carbocycles. The highest BCUT2D eigenvalue weighted by molar-refractivity contribution is 6.18. The second kappa shape index (κ2) is 4.60. The normalized spacial score (nSPS) is 29.5. The number of aliphatic hydroxyl groups is 1. The van der Waals surface area contributed by atoms with Crippen LogP contribution in [0.25, 0.3) is 0 Å². The zero-order chi connectivity index (χ0) is 9.90. The van der Waals surface area contributed by atoms with E-state index >= 15 is 0 Å². The molecule has 0 aromatic rings. The summed E-state index contributed by atoms with van der Waals surface area (Å²) in [6.45, 7) is 4.75. The van der Waals surface area contributed by atoms with Gasteiger partial charge in [0.05, 0.1) is 18.6 Å². The Balaban J connectivity index is 2.44. The molecule has 1 saturated heterocycles. The predicted molar refractivity (Wildman–Crippen MR) is 50.8 cm³/mol. The number of halogens is 1. The van der Waals surface area contributed by atoms with E-state index in [-0.39, 0.29) is 24.4 Å². The molecule has 1 rings (SSSR count). The summed E-state index contributed by atoms with van der Waals surface area (Å²) in [5.41, 5.74) is -0.143. The first-order chi connectivity index (χ1) is 6.10. The third-order valence-corrected chi connectivity index (χ3v) is 2.66. The summed E-state index contributed by atoms with van der Waals surface area (Å²) in [4.78, 5) is 0. The molecule has 0 spiro atoms. The van der Waals surface area contributed by atoms with Crippen molar-refractivity contribution < 1.29 is 14.6 Å². The van der Waals surface area contributed by atoms with E-state index in [1.54, 1.807) is 0 Å². The smallest absolute Gasteiger partial charge is 0.163 e. The zero-order valence-corrected chi connectivity index (χ0v) is 8.88. The van der Waals surface area contributed by atoms with E-state index in [0.29, 0.717) is 18.9 Å². The van der Waals surface area contributed by atoms with Crippen molar-refractivity contribution in [1.29, 1.82) is 0 Å². The Morgan fingerprint density at radius 3 is 2.69 bits per heavy atom. The fourth-order valence-electron chi connectivity index (χ4n) is 1.34. The predicted octanol–water partition coefficient (Wildman–Crippen LogP) is 1.38. The van der Waals surface area contributed by atoms with Crippen molar-refractivity contribution >= 4 is 11.6 Å². The second-order valence-electron chi connectivity index (χ2n) is 4.04. The lowest BCUT2D eigenvalue weighted by Gasteiger charge is -2.29. The van der Waals surface area contributed by atoms with Crippen LogP contribution in [0.3, 0.4) is 0 Å². The molecule has 1 N–H and O–H groups in total. The fourth-order valence-corrected chi connectivity index (χ4v) is 1.51. The van der Waals surface area contributed by atoms with Gasteiger partial charge < -0.3 is 14.6 Å². The van der Waals surface area contributed by atoms with Crippen LogP contribution < -0.4 is 0 Å². The van der Waals surface area contributed by atoms with Crippen LogP contribution in [0.4, 0.5) is 0 Å². The molecule has 0 aromatic heterocycles. The lowest BCUT2D eigenvalue weighted by atomic mass is 9.89. The summed E-state index contributed by atoms with van der Waals surface area (Å²) in [6, 6.07) is 0. The molecule has 1 fully saturated rings. The van der Waals surface area contributed by atoms with Gasteiger partial charge in [-0.3, -0.25) is 0 Å². The highest BCUT2D eigenvalue weighted by Gasteiger charge is 2.37. The van der Waals surface area contributed by atoms with Gasteiger partial charge in [0.1, 0.15) is 0 Å². The summed E-state index contributed by atoms with van der Waals surface area (Å²) in [6.07, 6.45) is 0.445. The van der Waals surface area contributed by atoms with Crippen molar-refractivity contribution in [3.05, 3.63) is 0 Å². The maximum absolute atomic E-state index is 8.85. The molecular weight excluding hydrogens is 192 g/mol. The van der Waals surface area contributed by atoms with Gasteiger partial charge in [-0.15, -0.1) is 11.6 Å². The van der Waals surface area contributed by atoms with E-state index in [2.05, 4.69) is 0 Å². The first-order valence-electron chi connectivity index (χ1n) is 4.54. The maximum atomic E-state index is 8.85. The van der Waals surface area contributed by atoms with Gasteiger partial charge >= 0.3 is 0 Å². The first-order valence-corrected chi connectivity index (χ1v) is 5.07. The van der Waals surface area contributed by atoms with Crippen LogP contribution in [-0.4, -0.2) is 36.6 Å². The SMILES string of the molecule is CC(C)(CCO)C1OCC(CCl)O1. The minimum Gasteiger partial charge on any atom is -0.396 e. The number of hydrogen-bond donors (Lipinski definition) is 1. The molecule has 1 aliphatic rings. The molecule has 0 aliphatic carbocycles. The molecule has 4 heteroatoms. The Labute approximate surface area is 84.0 Å². The van der Waals surface area contributed by atoms with Crippen LogP contribution in [0, 0.1) is 5.41 Å². The Hall–Kier alpha value is 0.170. The van der Waals surface area contributed by atoms with Crippen molar-refractivity contribution in [2.45, 2.75) is 32.7 Å². The molecular formula is C9H17ClO3. The molecule has 0 amide bonds. The molecule has 3 nitrogen and oxygen atoms in total. The van der Waals surface area contributed by atoms with Gasteiger partial charge in [-0.05, 0) is 6.42 Å². The molecule has 2 unspecified atom stereocenters. The number of ether oxygens (including phenoxy) is 2. The summed E-state index contributed by atoms with van der Waals surface area (Å²) < 4.78 is 11.0. The second-order valence-corrected chi connectivity index (χ2v) is 4.35. The van der Waals surface area contributed by atoms with E-state index in [0.717, 1.165) is 0 Å². The van der Waals surface area contributed by atoms with Crippen molar-refractivity contribution in [2.24, 2.45) is 5.41 Å². The van der Waals surface area contributed by atoms with Crippen molar-refractivity contribution in [3.63, 3.8) is 0 Å². The fraction of sp³-hybridized carbons (Fsp3) is 1.00. The summed E-state index contributed by atoms with van der Waals surface area (Å²) in [5, 5.41) is 8.85. The molecule has 1 heterocycles. The Morgan fingerprint density at radius 1 is 1.54 bits per heavy atom.